The molecule has 0 aromatic carbocycles. The molecule has 0 saturated carbocycles. The number of halogens is 1. The van der Waals surface area contributed by atoms with Gasteiger partial charge in [-0.1, -0.05) is 20.8 Å². The molecule has 23 heavy (non-hydrogen) atoms. The predicted molar refractivity (Wildman–Crippen MR) is 108 cm³/mol. The number of amides is 1. The van der Waals surface area contributed by atoms with E-state index < -0.39 is 0 Å². The average Bonchev–Trinajstić information content (AvgIpc) is 2.89. The maximum atomic E-state index is 11.8. The van der Waals surface area contributed by atoms with Crippen LogP contribution >= 0.6 is 24.0 Å². The summed E-state index contributed by atoms with van der Waals surface area (Å²) in [6.07, 6.45) is 4.84. The number of nitrogens with one attached hydrogen (secondary N) is 2. The van der Waals surface area contributed by atoms with E-state index in [1.165, 1.54) is 0 Å². The molecule has 1 aliphatic rings. The van der Waals surface area contributed by atoms with E-state index >= 15 is 0 Å². The van der Waals surface area contributed by atoms with Crippen molar-refractivity contribution in [3.63, 3.8) is 0 Å². The maximum absolute atomic E-state index is 11.8. The maximum Gasteiger partial charge on any atom is 0.222 e. The molecule has 1 fully saturated rings. The zero-order valence-corrected chi connectivity index (χ0v) is 17.6. The molecule has 1 atom stereocenters. The van der Waals surface area contributed by atoms with Gasteiger partial charge in [-0.2, -0.15) is 0 Å². The third-order valence-corrected chi connectivity index (χ3v) is 4.11. The van der Waals surface area contributed by atoms with E-state index in [-0.39, 0.29) is 24.0 Å². The molecule has 1 heterocycles. The SMILES string of the molecule is CCNC(=NCCC(CC)N1CCCC1=O)NCCC(C)C.I. The summed E-state index contributed by atoms with van der Waals surface area (Å²) in [5, 5.41) is 6.67. The van der Waals surface area contributed by atoms with E-state index in [9.17, 15) is 4.79 Å². The molecule has 0 spiro atoms. The number of carbonyl (C=O) groups is 1. The van der Waals surface area contributed by atoms with Gasteiger partial charge in [-0.25, -0.2) is 0 Å². The molecule has 0 aliphatic carbocycles. The molecule has 0 bridgehead atoms. The van der Waals surface area contributed by atoms with Gasteiger partial charge in [0.1, 0.15) is 0 Å². The van der Waals surface area contributed by atoms with E-state index in [1.54, 1.807) is 0 Å². The molecular weight excluding hydrogens is 403 g/mol. The predicted octanol–water partition coefficient (Wildman–Crippen LogP) is 3.00. The average molecular weight is 438 g/mol. The van der Waals surface area contributed by atoms with E-state index in [2.05, 4.69) is 48.2 Å². The number of hydrogen-bond acceptors (Lipinski definition) is 2. The third-order valence-electron chi connectivity index (χ3n) is 4.11. The van der Waals surface area contributed by atoms with Crippen LogP contribution in [0.25, 0.3) is 0 Å². The van der Waals surface area contributed by atoms with Crippen molar-refractivity contribution in [2.24, 2.45) is 10.9 Å². The van der Waals surface area contributed by atoms with Crippen LogP contribution in [-0.4, -0.2) is 49.0 Å². The van der Waals surface area contributed by atoms with Gasteiger partial charge in [0, 0.05) is 38.6 Å². The van der Waals surface area contributed by atoms with Crippen molar-refractivity contribution >= 4 is 35.8 Å². The van der Waals surface area contributed by atoms with Crippen LogP contribution in [0, 0.1) is 5.92 Å². The van der Waals surface area contributed by atoms with E-state index in [0.717, 1.165) is 64.2 Å². The molecule has 1 amide bonds. The Morgan fingerprint density at radius 1 is 1.26 bits per heavy atom. The van der Waals surface area contributed by atoms with Crippen LogP contribution in [0.1, 0.15) is 59.8 Å². The second kappa shape index (κ2) is 12.8. The van der Waals surface area contributed by atoms with Crippen LogP contribution < -0.4 is 10.6 Å². The van der Waals surface area contributed by atoms with E-state index in [0.29, 0.717) is 17.9 Å². The standard InChI is InChI=1S/C17H34N4O.HI/c1-5-15(21-13-7-8-16(21)22)10-12-20-17(18-6-2)19-11-9-14(3)4;/h14-15H,5-13H2,1-4H3,(H2,18,19,20);1H. The van der Waals surface area contributed by atoms with E-state index in [4.69, 9.17) is 0 Å². The second-order valence-electron chi connectivity index (χ2n) is 6.41. The third kappa shape index (κ3) is 8.77. The Kier molecular flexibility index (Phi) is 12.5. The number of rotatable bonds is 9. The van der Waals surface area contributed by atoms with Crippen molar-refractivity contribution in [3.05, 3.63) is 0 Å². The molecule has 0 aromatic heterocycles. The summed E-state index contributed by atoms with van der Waals surface area (Å²) in [7, 11) is 0. The number of nitrogens with zero attached hydrogens (tertiary/aromatic N) is 2. The van der Waals surface area contributed by atoms with Crippen LogP contribution in [0.15, 0.2) is 4.99 Å². The van der Waals surface area contributed by atoms with Gasteiger partial charge >= 0.3 is 0 Å². The van der Waals surface area contributed by atoms with Gasteiger partial charge in [0.2, 0.25) is 5.91 Å². The summed E-state index contributed by atoms with van der Waals surface area (Å²) in [5.74, 6) is 1.91. The summed E-state index contributed by atoms with van der Waals surface area (Å²) in [5.41, 5.74) is 0. The lowest BCUT2D eigenvalue weighted by Crippen LogP contribution is -2.39. The molecule has 6 heteroatoms. The molecule has 1 unspecified atom stereocenters. The van der Waals surface area contributed by atoms with Gasteiger partial charge in [0.05, 0.1) is 0 Å². The highest BCUT2D eigenvalue weighted by atomic mass is 127. The monoisotopic (exact) mass is 438 g/mol. The van der Waals surface area contributed by atoms with Gasteiger partial charge in [-0.15, -0.1) is 24.0 Å². The lowest BCUT2D eigenvalue weighted by atomic mass is 10.1. The van der Waals surface area contributed by atoms with Crippen LogP contribution in [0.4, 0.5) is 0 Å². The van der Waals surface area contributed by atoms with Gasteiger partial charge < -0.3 is 15.5 Å². The fraction of sp³-hybridized carbons (Fsp3) is 0.882. The van der Waals surface area contributed by atoms with Crippen LogP contribution in [0.5, 0.6) is 0 Å². The molecule has 2 N–H and O–H groups in total. The van der Waals surface area contributed by atoms with Crippen LogP contribution in [0.2, 0.25) is 0 Å². The first-order chi connectivity index (χ1) is 10.6. The Labute approximate surface area is 159 Å². The minimum Gasteiger partial charge on any atom is -0.357 e. The van der Waals surface area contributed by atoms with Gasteiger partial charge in [-0.05, 0) is 38.5 Å². The van der Waals surface area contributed by atoms with Crippen molar-refractivity contribution in [1.82, 2.24) is 15.5 Å². The minimum absolute atomic E-state index is 0. The quantitative estimate of drug-likeness (QED) is 0.331. The zero-order valence-electron chi connectivity index (χ0n) is 15.2. The molecule has 1 saturated heterocycles. The van der Waals surface area contributed by atoms with Crippen LogP contribution in [0.3, 0.4) is 0 Å². The Bertz CT molecular complexity index is 361. The first kappa shape index (κ1) is 22.5. The summed E-state index contributed by atoms with van der Waals surface area (Å²) >= 11 is 0. The van der Waals surface area contributed by atoms with Gasteiger partial charge in [0.25, 0.3) is 0 Å². The van der Waals surface area contributed by atoms with Crippen molar-refractivity contribution in [3.8, 4) is 0 Å². The second-order valence-corrected chi connectivity index (χ2v) is 6.41. The minimum atomic E-state index is 0. The Morgan fingerprint density at radius 3 is 2.52 bits per heavy atom. The Hall–Kier alpha value is -0.530. The highest BCUT2D eigenvalue weighted by Gasteiger charge is 2.26. The normalized spacial score (nSPS) is 16.5. The summed E-state index contributed by atoms with van der Waals surface area (Å²) < 4.78 is 0. The number of aliphatic imine (C=N–C) groups is 1. The molecular formula is C17H35IN4O. The smallest absolute Gasteiger partial charge is 0.222 e. The fourth-order valence-electron chi connectivity index (χ4n) is 2.78. The number of carbonyl (C=O) groups excluding carboxylic acids is 1. The van der Waals surface area contributed by atoms with E-state index in [1.807, 2.05) is 0 Å². The van der Waals surface area contributed by atoms with Crippen LogP contribution in [-0.2, 0) is 4.79 Å². The fourth-order valence-corrected chi connectivity index (χ4v) is 2.78. The number of likely N-dealkylation sites (tertiary alicyclic amines) is 1. The zero-order chi connectivity index (χ0) is 16.4. The molecule has 1 rings (SSSR count). The number of hydrogen-bond donors (Lipinski definition) is 2. The summed E-state index contributed by atoms with van der Waals surface area (Å²) in [6, 6.07) is 0.345. The van der Waals surface area contributed by atoms with Crippen molar-refractivity contribution < 1.29 is 4.79 Å². The highest BCUT2D eigenvalue weighted by Crippen LogP contribution is 2.17. The lowest BCUT2D eigenvalue weighted by Gasteiger charge is -2.26. The van der Waals surface area contributed by atoms with Gasteiger partial charge in [-0.3, -0.25) is 9.79 Å². The molecule has 0 aromatic rings. The summed E-state index contributed by atoms with van der Waals surface area (Å²) in [4.78, 5) is 18.5. The van der Waals surface area contributed by atoms with Crippen molar-refractivity contribution in [2.75, 3.05) is 26.2 Å². The van der Waals surface area contributed by atoms with Crippen molar-refractivity contribution in [2.45, 2.75) is 65.8 Å². The first-order valence-electron chi connectivity index (χ1n) is 8.90. The number of guanidine groups is 1. The topological polar surface area (TPSA) is 56.7 Å². The molecule has 136 valence electrons. The molecule has 1 aliphatic heterocycles. The molecule has 0 radical (unpaired) electrons. The van der Waals surface area contributed by atoms with Crippen molar-refractivity contribution in [1.29, 1.82) is 0 Å². The first-order valence-corrected chi connectivity index (χ1v) is 8.90. The molecule has 5 nitrogen and oxygen atoms in total. The highest BCUT2D eigenvalue weighted by molar-refractivity contribution is 14.0. The summed E-state index contributed by atoms with van der Waals surface area (Å²) in [6.45, 7) is 12.2. The largest absolute Gasteiger partial charge is 0.357 e. The van der Waals surface area contributed by atoms with Gasteiger partial charge in [0.15, 0.2) is 5.96 Å². The lowest BCUT2D eigenvalue weighted by molar-refractivity contribution is -0.129. The Balaban J connectivity index is 0.00000484. The Morgan fingerprint density at radius 2 is 2.00 bits per heavy atom.